The number of aromatic nitrogens is 3. The Labute approximate surface area is 142 Å². The highest BCUT2D eigenvalue weighted by Gasteiger charge is 2.13. The van der Waals surface area contributed by atoms with Crippen molar-refractivity contribution in [3.8, 4) is 22.6 Å². The maximum atomic E-state index is 12.0. The van der Waals surface area contributed by atoms with Crippen LogP contribution < -0.4 is 10.4 Å². The van der Waals surface area contributed by atoms with Crippen LogP contribution in [-0.4, -0.2) is 21.2 Å². The summed E-state index contributed by atoms with van der Waals surface area (Å²) in [5, 5.41) is 0.732. The maximum absolute atomic E-state index is 12.0. The Bertz CT molecular complexity index is 931. The molecule has 0 aliphatic heterocycles. The van der Waals surface area contributed by atoms with E-state index in [1.165, 1.54) is 16.2 Å². The SMILES string of the molecule is COc1c(-c2ccc(-n3ccn(C)c3=O)c(Cl)c2)ccnc1Cl. The monoisotopic (exact) mass is 349 g/mol. The topological polar surface area (TPSA) is 49.0 Å². The molecular formula is C16H13Cl2N3O2. The van der Waals surface area contributed by atoms with Gasteiger partial charge >= 0.3 is 5.69 Å². The van der Waals surface area contributed by atoms with Gasteiger partial charge in [-0.3, -0.25) is 4.57 Å². The van der Waals surface area contributed by atoms with Crippen molar-refractivity contribution in [1.82, 2.24) is 14.1 Å². The highest BCUT2D eigenvalue weighted by atomic mass is 35.5. The molecule has 0 amide bonds. The van der Waals surface area contributed by atoms with E-state index in [9.17, 15) is 4.79 Å². The number of hydrogen-bond acceptors (Lipinski definition) is 3. The third-order valence-corrected chi connectivity index (χ3v) is 4.10. The van der Waals surface area contributed by atoms with Crippen LogP contribution in [0.25, 0.3) is 16.8 Å². The van der Waals surface area contributed by atoms with Gasteiger partial charge in [-0.25, -0.2) is 9.78 Å². The summed E-state index contributed by atoms with van der Waals surface area (Å²) >= 11 is 12.4. The van der Waals surface area contributed by atoms with Crippen LogP contribution in [0, 0.1) is 0 Å². The predicted octanol–water partition coefficient (Wildman–Crippen LogP) is 3.55. The van der Waals surface area contributed by atoms with Crippen molar-refractivity contribution in [2.75, 3.05) is 7.11 Å². The number of rotatable bonds is 3. The van der Waals surface area contributed by atoms with Crippen molar-refractivity contribution in [2.45, 2.75) is 0 Å². The Morgan fingerprint density at radius 2 is 1.96 bits per heavy atom. The van der Waals surface area contributed by atoms with Gasteiger partial charge in [0.25, 0.3) is 0 Å². The van der Waals surface area contributed by atoms with Crippen LogP contribution in [0.2, 0.25) is 10.2 Å². The zero-order valence-corrected chi connectivity index (χ0v) is 14.0. The minimum atomic E-state index is -0.163. The van der Waals surface area contributed by atoms with Gasteiger partial charge in [-0.1, -0.05) is 29.3 Å². The summed E-state index contributed by atoms with van der Waals surface area (Å²) in [7, 11) is 3.22. The Hall–Kier alpha value is -2.24. The number of nitrogens with zero attached hydrogens (tertiary/aromatic N) is 3. The number of aryl methyl sites for hydroxylation is 1. The second-order valence-corrected chi connectivity index (χ2v) is 5.68. The van der Waals surface area contributed by atoms with Crippen LogP contribution >= 0.6 is 23.2 Å². The van der Waals surface area contributed by atoms with Gasteiger partial charge in [-0.15, -0.1) is 0 Å². The molecule has 0 aliphatic carbocycles. The van der Waals surface area contributed by atoms with Crippen molar-refractivity contribution >= 4 is 23.2 Å². The predicted molar refractivity (Wildman–Crippen MR) is 90.8 cm³/mol. The van der Waals surface area contributed by atoms with E-state index in [0.717, 1.165) is 11.1 Å². The highest BCUT2D eigenvalue weighted by Crippen LogP contribution is 2.36. The number of imidazole rings is 1. The molecule has 5 nitrogen and oxygen atoms in total. The average molecular weight is 350 g/mol. The van der Waals surface area contributed by atoms with E-state index in [2.05, 4.69) is 4.98 Å². The fourth-order valence-electron chi connectivity index (χ4n) is 2.36. The van der Waals surface area contributed by atoms with Crippen LogP contribution in [-0.2, 0) is 7.05 Å². The quantitative estimate of drug-likeness (QED) is 0.679. The molecule has 3 rings (SSSR count). The Morgan fingerprint density at radius 1 is 1.17 bits per heavy atom. The highest BCUT2D eigenvalue weighted by molar-refractivity contribution is 6.33. The lowest BCUT2D eigenvalue weighted by molar-refractivity contribution is 0.415. The molecule has 3 aromatic rings. The van der Waals surface area contributed by atoms with Crippen LogP contribution in [0.5, 0.6) is 5.75 Å². The molecule has 2 heterocycles. The zero-order chi connectivity index (χ0) is 16.6. The average Bonchev–Trinajstić information content (AvgIpc) is 2.86. The molecule has 0 saturated carbocycles. The fourth-order valence-corrected chi connectivity index (χ4v) is 2.87. The molecule has 0 unspecified atom stereocenters. The smallest absolute Gasteiger partial charge is 0.332 e. The second kappa shape index (κ2) is 6.10. The van der Waals surface area contributed by atoms with E-state index in [-0.39, 0.29) is 10.8 Å². The Kier molecular flexibility index (Phi) is 4.15. The third-order valence-electron chi connectivity index (χ3n) is 3.53. The number of methoxy groups -OCH3 is 1. The number of halogens is 2. The van der Waals surface area contributed by atoms with Gasteiger partial charge in [0.05, 0.1) is 17.8 Å². The minimum Gasteiger partial charge on any atom is -0.493 e. The number of hydrogen-bond donors (Lipinski definition) is 0. The van der Waals surface area contributed by atoms with Crippen molar-refractivity contribution in [1.29, 1.82) is 0 Å². The van der Waals surface area contributed by atoms with Gasteiger partial charge in [0.2, 0.25) is 0 Å². The van der Waals surface area contributed by atoms with E-state index in [0.29, 0.717) is 16.5 Å². The summed E-state index contributed by atoms with van der Waals surface area (Å²) in [6.07, 6.45) is 4.95. The molecule has 23 heavy (non-hydrogen) atoms. The lowest BCUT2D eigenvalue weighted by Gasteiger charge is -2.11. The van der Waals surface area contributed by atoms with Gasteiger partial charge in [-0.05, 0) is 23.8 Å². The Balaban J connectivity index is 2.12. The normalized spacial score (nSPS) is 10.8. The van der Waals surface area contributed by atoms with Crippen LogP contribution in [0.3, 0.4) is 0 Å². The third kappa shape index (κ3) is 2.73. The largest absolute Gasteiger partial charge is 0.493 e. The van der Waals surface area contributed by atoms with E-state index >= 15 is 0 Å². The Morgan fingerprint density at radius 3 is 2.57 bits per heavy atom. The molecule has 7 heteroatoms. The molecule has 0 spiro atoms. The van der Waals surface area contributed by atoms with E-state index in [1.54, 1.807) is 43.8 Å². The molecule has 0 bridgehead atoms. The summed E-state index contributed by atoms with van der Waals surface area (Å²) in [5.41, 5.74) is 2.05. The first-order valence-electron chi connectivity index (χ1n) is 6.75. The van der Waals surface area contributed by atoms with Gasteiger partial charge in [0, 0.05) is 31.2 Å². The molecule has 0 fully saturated rings. The van der Waals surface area contributed by atoms with Crippen LogP contribution in [0.1, 0.15) is 0 Å². The zero-order valence-electron chi connectivity index (χ0n) is 12.5. The van der Waals surface area contributed by atoms with Crippen LogP contribution in [0.15, 0.2) is 47.7 Å². The summed E-state index contributed by atoms with van der Waals surface area (Å²) in [6.45, 7) is 0. The van der Waals surface area contributed by atoms with Crippen molar-refractivity contribution < 1.29 is 4.74 Å². The number of pyridine rings is 1. The summed E-state index contributed by atoms with van der Waals surface area (Å²) < 4.78 is 8.28. The molecule has 1 aromatic carbocycles. The lowest BCUT2D eigenvalue weighted by Crippen LogP contribution is -2.20. The molecular weight excluding hydrogens is 337 g/mol. The summed E-state index contributed by atoms with van der Waals surface area (Å²) in [4.78, 5) is 16.0. The van der Waals surface area contributed by atoms with E-state index < -0.39 is 0 Å². The number of benzene rings is 1. The molecule has 118 valence electrons. The summed E-state index contributed by atoms with van der Waals surface area (Å²) in [6, 6.07) is 7.21. The molecule has 0 radical (unpaired) electrons. The van der Waals surface area contributed by atoms with Crippen molar-refractivity contribution in [2.24, 2.45) is 7.05 Å². The first-order valence-corrected chi connectivity index (χ1v) is 7.51. The first kappa shape index (κ1) is 15.6. The van der Waals surface area contributed by atoms with E-state index in [4.69, 9.17) is 27.9 Å². The molecule has 0 atom stereocenters. The fraction of sp³-hybridized carbons (Fsp3) is 0.125. The van der Waals surface area contributed by atoms with Gasteiger partial charge in [0.1, 0.15) is 0 Å². The van der Waals surface area contributed by atoms with Gasteiger partial charge in [-0.2, -0.15) is 0 Å². The maximum Gasteiger partial charge on any atom is 0.332 e. The minimum absolute atomic E-state index is 0.163. The lowest BCUT2D eigenvalue weighted by atomic mass is 10.1. The van der Waals surface area contributed by atoms with Crippen molar-refractivity contribution in [3.05, 3.63) is 63.5 Å². The number of ether oxygens (including phenoxy) is 1. The van der Waals surface area contributed by atoms with Gasteiger partial charge < -0.3 is 9.30 Å². The molecule has 0 N–H and O–H groups in total. The van der Waals surface area contributed by atoms with Gasteiger partial charge in [0.15, 0.2) is 10.9 Å². The summed E-state index contributed by atoms with van der Waals surface area (Å²) in [5.74, 6) is 0.481. The van der Waals surface area contributed by atoms with E-state index in [1.807, 2.05) is 6.07 Å². The molecule has 0 aliphatic rings. The van der Waals surface area contributed by atoms with Crippen LogP contribution in [0.4, 0.5) is 0 Å². The second-order valence-electron chi connectivity index (χ2n) is 4.91. The molecule has 0 saturated heterocycles. The van der Waals surface area contributed by atoms with Crippen molar-refractivity contribution in [3.63, 3.8) is 0 Å². The first-order chi connectivity index (χ1) is 11.0. The molecule has 2 aromatic heterocycles. The standard InChI is InChI=1S/C16H13Cl2N3O2/c1-20-7-8-21(16(20)22)13-4-3-10(9-12(13)17)11-5-6-19-15(18)14(11)23-2/h3-9H,1-2H3.